The molecule has 164 valence electrons. The Morgan fingerprint density at radius 3 is 2.73 bits per heavy atom. The molecule has 1 aliphatic rings. The molecule has 1 heterocycles. The molecule has 2 rings (SSSR count). The SMILES string of the molecule is CCCCCOc1c(Br)cc(/C=C2\SC(=S)N(CCC(=O)OCC)C2=O)cc1OC. The lowest BCUT2D eigenvalue weighted by Gasteiger charge is -2.14. The molecular weight excluding hydrogens is 490 g/mol. The van der Waals surface area contributed by atoms with Crippen molar-refractivity contribution in [3.63, 3.8) is 0 Å². The minimum Gasteiger partial charge on any atom is -0.493 e. The van der Waals surface area contributed by atoms with Crippen molar-refractivity contribution in [3.05, 3.63) is 27.1 Å². The molecule has 1 aromatic carbocycles. The van der Waals surface area contributed by atoms with Crippen molar-refractivity contribution < 1.29 is 23.8 Å². The number of methoxy groups -OCH3 is 1. The van der Waals surface area contributed by atoms with Gasteiger partial charge in [0.2, 0.25) is 0 Å². The molecular formula is C21H26BrNO5S2. The number of halogens is 1. The number of amides is 1. The van der Waals surface area contributed by atoms with Crippen LogP contribution in [0.4, 0.5) is 0 Å². The molecule has 0 radical (unpaired) electrons. The van der Waals surface area contributed by atoms with Crippen LogP contribution in [0.2, 0.25) is 0 Å². The highest BCUT2D eigenvalue weighted by atomic mass is 79.9. The van der Waals surface area contributed by atoms with Gasteiger partial charge in [-0.05, 0) is 53.0 Å². The number of hydrogen-bond donors (Lipinski definition) is 0. The number of carbonyl (C=O) groups is 2. The summed E-state index contributed by atoms with van der Waals surface area (Å²) in [7, 11) is 1.58. The number of carbonyl (C=O) groups excluding carboxylic acids is 2. The number of unbranched alkanes of at least 4 members (excludes halogenated alkanes) is 2. The number of benzene rings is 1. The highest BCUT2D eigenvalue weighted by Gasteiger charge is 2.32. The first-order valence-corrected chi connectivity index (χ1v) is 11.8. The van der Waals surface area contributed by atoms with Crippen LogP contribution in [-0.4, -0.2) is 48.0 Å². The smallest absolute Gasteiger partial charge is 0.307 e. The fourth-order valence-electron chi connectivity index (χ4n) is 2.77. The highest BCUT2D eigenvalue weighted by Crippen LogP contribution is 2.39. The lowest BCUT2D eigenvalue weighted by Crippen LogP contribution is -2.30. The van der Waals surface area contributed by atoms with Crippen molar-refractivity contribution in [1.82, 2.24) is 4.90 Å². The first kappa shape index (κ1) is 24.7. The highest BCUT2D eigenvalue weighted by molar-refractivity contribution is 9.10. The second-order valence-electron chi connectivity index (χ2n) is 6.48. The Labute approximate surface area is 195 Å². The van der Waals surface area contributed by atoms with Gasteiger partial charge in [0.1, 0.15) is 4.32 Å². The number of esters is 1. The maximum absolute atomic E-state index is 12.7. The van der Waals surface area contributed by atoms with Crippen molar-refractivity contribution in [2.45, 2.75) is 39.5 Å². The van der Waals surface area contributed by atoms with Gasteiger partial charge in [0.25, 0.3) is 5.91 Å². The van der Waals surface area contributed by atoms with Crippen LogP contribution in [0.1, 0.15) is 45.1 Å². The summed E-state index contributed by atoms with van der Waals surface area (Å²) in [6.45, 7) is 5.02. The summed E-state index contributed by atoms with van der Waals surface area (Å²) in [6.07, 6.45) is 5.07. The lowest BCUT2D eigenvalue weighted by molar-refractivity contribution is -0.143. The van der Waals surface area contributed by atoms with Crippen molar-refractivity contribution in [3.8, 4) is 11.5 Å². The Hall–Kier alpha value is -1.58. The predicted octanol–water partition coefficient (Wildman–Crippen LogP) is 5.18. The van der Waals surface area contributed by atoms with E-state index in [9.17, 15) is 9.59 Å². The fourth-order valence-corrected chi connectivity index (χ4v) is 4.65. The van der Waals surface area contributed by atoms with E-state index >= 15 is 0 Å². The van der Waals surface area contributed by atoms with Gasteiger partial charge in [-0.15, -0.1) is 0 Å². The molecule has 0 atom stereocenters. The molecule has 0 aromatic heterocycles. The van der Waals surface area contributed by atoms with E-state index < -0.39 is 0 Å². The van der Waals surface area contributed by atoms with Gasteiger partial charge in [-0.3, -0.25) is 14.5 Å². The Kier molecular flexibility index (Phi) is 10.1. The zero-order valence-electron chi connectivity index (χ0n) is 17.4. The van der Waals surface area contributed by atoms with Crippen LogP contribution in [0.25, 0.3) is 6.08 Å². The van der Waals surface area contributed by atoms with Gasteiger partial charge in [-0.1, -0.05) is 43.7 Å². The topological polar surface area (TPSA) is 65.1 Å². The first-order valence-electron chi connectivity index (χ1n) is 9.82. The second-order valence-corrected chi connectivity index (χ2v) is 9.01. The third kappa shape index (κ3) is 6.72. The van der Waals surface area contributed by atoms with Crippen molar-refractivity contribution >= 4 is 62.2 Å². The maximum atomic E-state index is 12.7. The number of hydrogen-bond acceptors (Lipinski definition) is 7. The van der Waals surface area contributed by atoms with E-state index in [1.165, 1.54) is 16.7 Å². The van der Waals surface area contributed by atoms with Crippen molar-refractivity contribution in [2.24, 2.45) is 0 Å². The number of rotatable bonds is 11. The van der Waals surface area contributed by atoms with E-state index in [1.54, 1.807) is 20.1 Å². The summed E-state index contributed by atoms with van der Waals surface area (Å²) in [5.41, 5.74) is 0.783. The first-order chi connectivity index (χ1) is 14.4. The zero-order chi connectivity index (χ0) is 22.1. The van der Waals surface area contributed by atoms with Gasteiger partial charge in [-0.2, -0.15) is 0 Å². The van der Waals surface area contributed by atoms with E-state index in [0.29, 0.717) is 33.9 Å². The predicted molar refractivity (Wildman–Crippen MR) is 127 cm³/mol. The largest absolute Gasteiger partial charge is 0.493 e. The fraction of sp³-hybridized carbons (Fsp3) is 0.476. The van der Waals surface area contributed by atoms with E-state index in [1.807, 2.05) is 12.1 Å². The minimum absolute atomic E-state index is 0.108. The van der Waals surface area contributed by atoms with Crippen molar-refractivity contribution in [1.29, 1.82) is 0 Å². The summed E-state index contributed by atoms with van der Waals surface area (Å²) >= 11 is 10.1. The van der Waals surface area contributed by atoms with Crippen LogP contribution >= 0.6 is 39.9 Å². The summed E-state index contributed by atoms with van der Waals surface area (Å²) < 4.78 is 17.5. The summed E-state index contributed by atoms with van der Waals surface area (Å²) in [5.74, 6) is 0.667. The Morgan fingerprint density at radius 1 is 1.30 bits per heavy atom. The van der Waals surface area contributed by atoms with Gasteiger partial charge < -0.3 is 14.2 Å². The van der Waals surface area contributed by atoms with Gasteiger partial charge in [-0.25, -0.2) is 0 Å². The summed E-state index contributed by atoms with van der Waals surface area (Å²) in [6, 6.07) is 3.70. The van der Waals surface area contributed by atoms with Gasteiger partial charge >= 0.3 is 5.97 Å². The molecule has 1 amide bonds. The maximum Gasteiger partial charge on any atom is 0.307 e. The number of thiocarbonyl (C=S) groups is 1. The molecule has 0 aliphatic carbocycles. The second kappa shape index (κ2) is 12.3. The van der Waals surface area contributed by atoms with E-state index in [0.717, 1.165) is 29.3 Å². The van der Waals surface area contributed by atoms with Gasteiger partial charge in [0.15, 0.2) is 11.5 Å². The quantitative estimate of drug-likeness (QED) is 0.174. The van der Waals surface area contributed by atoms with Crippen molar-refractivity contribution in [2.75, 3.05) is 26.9 Å². The average Bonchev–Trinajstić information content (AvgIpc) is 2.97. The number of ether oxygens (including phenoxy) is 3. The standard InChI is InChI=1S/C21H26BrNO5S2/c1-4-6-7-10-28-19-15(22)11-14(12-16(19)26-3)13-17-20(25)23(21(29)30-17)9-8-18(24)27-5-2/h11-13H,4-10H2,1-3H3/b17-13-. The Morgan fingerprint density at radius 2 is 2.07 bits per heavy atom. The van der Waals surface area contributed by atoms with Crippen LogP contribution in [0.5, 0.6) is 11.5 Å². The summed E-state index contributed by atoms with van der Waals surface area (Å²) in [4.78, 5) is 26.2. The van der Waals surface area contributed by atoms with Crippen LogP contribution in [-0.2, 0) is 14.3 Å². The molecule has 0 unspecified atom stereocenters. The normalized spacial score (nSPS) is 15.1. The molecule has 1 aliphatic heterocycles. The van der Waals surface area contributed by atoms with Gasteiger partial charge in [0.05, 0.1) is 36.1 Å². The van der Waals surface area contributed by atoms with Crippen LogP contribution in [0, 0.1) is 0 Å². The molecule has 0 bridgehead atoms. The molecule has 30 heavy (non-hydrogen) atoms. The van der Waals surface area contributed by atoms with Crippen LogP contribution in [0.15, 0.2) is 21.5 Å². The third-order valence-corrected chi connectivity index (χ3v) is 6.23. The van der Waals surface area contributed by atoms with Crippen LogP contribution in [0.3, 0.4) is 0 Å². The Bertz CT molecular complexity index is 828. The van der Waals surface area contributed by atoms with Gasteiger partial charge in [0, 0.05) is 6.54 Å². The Balaban J connectivity index is 2.13. The molecule has 9 heteroatoms. The molecule has 1 aromatic rings. The van der Waals surface area contributed by atoms with E-state index in [2.05, 4.69) is 22.9 Å². The molecule has 0 spiro atoms. The summed E-state index contributed by atoms with van der Waals surface area (Å²) in [5, 5.41) is 0. The third-order valence-electron chi connectivity index (χ3n) is 4.26. The molecule has 1 fully saturated rings. The monoisotopic (exact) mass is 515 g/mol. The average molecular weight is 516 g/mol. The molecule has 0 N–H and O–H groups in total. The molecule has 0 saturated carbocycles. The van der Waals surface area contributed by atoms with Crippen LogP contribution < -0.4 is 9.47 Å². The molecule has 6 nitrogen and oxygen atoms in total. The zero-order valence-corrected chi connectivity index (χ0v) is 20.6. The van der Waals surface area contributed by atoms with E-state index in [4.69, 9.17) is 26.4 Å². The minimum atomic E-state index is -0.348. The number of thioether (sulfide) groups is 1. The lowest BCUT2D eigenvalue weighted by atomic mass is 10.1. The molecule has 1 saturated heterocycles. The number of nitrogens with zero attached hydrogens (tertiary/aromatic N) is 1. The van der Waals surface area contributed by atoms with E-state index in [-0.39, 0.29) is 24.8 Å².